The Morgan fingerprint density at radius 2 is 1.88 bits per heavy atom. The predicted molar refractivity (Wildman–Crippen MR) is 92.2 cm³/mol. The lowest BCUT2D eigenvalue weighted by Gasteiger charge is -2.34. The van der Waals surface area contributed by atoms with E-state index in [1.165, 1.54) is 5.56 Å². The van der Waals surface area contributed by atoms with Crippen molar-refractivity contribution in [1.82, 2.24) is 15.1 Å². The standard InChI is InChI=1S/C18H27N3O3/c1-3-14(2)19-18(22)12-21-8-6-20(7-9-21)11-15-4-5-16-17(10-15)24-13-23-16/h4-5,10,14H,3,6-9,11-13H2,1-2H3,(H,19,22). The molecule has 6 heteroatoms. The van der Waals surface area contributed by atoms with Gasteiger partial charge in [0.15, 0.2) is 11.5 Å². The van der Waals surface area contributed by atoms with Crippen LogP contribution in [0.15, 0.2) is 18.2 Å². The van der Waals surface area contributed by atoms with E-state index in [9.17, 15) is 4.79 Å². The Hall–Kier alpha value is -1.79. The molecule has 6 nitrogen and oxygen atoms in total. The summed E-state index contributed by atoms with van der Waals surface area (Å²) in [4.78, 5) is 16.6. The van der Waals surface area contributed by atoms with Crippen molar-refractivity contribution in [3.8, 4) is 11.5 Å². The Kier molecular flexibility index (Phi) is 5.58. The highest BCUT2D eigenvalue weighted by molar-refractivity contribution is 5.78. The summed E-state index contributed by atoms with van der Waals surface area (Å²) >= 11 is 0. The fourth-order valence-corrected chi connectivity index (χ4v) is 3.03. The average Bonchev–Trinajstić information content (AvgIpc) is 3.04. The van der Waals surface area contributed by atoms with Gasteiger partial charge in [-0.3, -0.25) is 14.6 Å². The van der Waals surface area contributed by atoms with Gasteiger partial charge in [-0.2, -0.15) is 0 Å². The number of amides is 1. The maximum absolute atomic E-state index is 12.0. The molecule has 1 atom stereocenters. The van der Waals surface area contributed by atoms with E-state index in [1.54, 1.807) is 0 Å². The summed E-state index contributed by atoms with van der Waals surface area (Å²) in [6.07, 6.45) is 0.967. The predicted octanol–water partition coefficient (Wildman–Crippen LogP) is 1.45. The number of rotatable bonds is 6. The molecule has 1 unspecified atom stereocenters. The van der Waals surface area contributed by atoms with Crippen LogP contribution in [0.25, 0.3) is 0 Å². The van der Waals surface area contributed by atoms with E-state index in [0.717, 1.165) is 50.6 Å². The molecule has 24 heavy (non-hydrogen) atoms. The molecule has 0 saturated carbocycles. The molecule has 0 aromatic heterocycles. The number of fused-ring (bicyclic) bond motifs is 1. The van der Waals surface area contributed by atoms with Gasteiger partial charge in [-0.25, -0.2) is 0 Å². The van der Waals surface area contributed by atoms with E-state index in [4.69, 9.17) is 9.47 Å². The van der Waals surface area contributed by atoms with Crippen LogP contribution in [-0.4, -0.2) is 61.3 Å². The highest BCUT2D eigenvalue weighted by atomic mass is 16.7. The fraction of sp³-hybridized carbons (Fsp3) is 0.611. The third-order valence-electron chi connectivity index (χ3n) is 4.70. The highest BCUT2D eigenvalue weighted by Gasteiger charge is 2.20. The van der Waals surface area contributed by atoms with Crippen LogP contribution < -0.4 is 14.8 Å². The monoisotopic (exact) mass is 333 g/mol. The van der Waals surface area contributed by atoms with Crippen molar-refractivity contribution in [2.75, 3.05) is 39.5 Å². The number of hydrogen-bond acceptors (Lipinski definition) is 5. The maximum Gasteiger partial charge on any atom is 0.234 e. The first-order valence-corrected chi connectivity index (χ1v) is 8.76. The molecule has 2 aliphatic rings. The normalized spacial score (nSPS) is 19.2. The molecular weight excluding hydrogens is 306 g/mol. The number of piperazine rings is 1. The van der Waals surface area contributed by atoms with Crippen molar-refractivity contribution in [1.29, 1.82) is 0 Å². The zero-order chi connectivity index (χ0) is 16.9. The van der Waals surface area contributed by atoms with Crippen molar-refractivity contribution in [3.05, 3.63) is 23.8 Å². The Labute approximate surface area is 143 Å². The quantitative estimate of drug-likeness (QED) is 0.854. The largest absolute Gasteiger partial charge is 0.454 e. The Morgan fingerprint density at radius 1 is 1.17 bits per heavy atom. The first-order valence-electron chi connectivity index (χ1n) is 8.76. The average molecular weight is 333 g/mol. The number of nitrogens with one attached hydrogen (secondary N) is 1. The van der Waals surface area contributed by atoms with Crippen LogP contribution in [0.3, 0.4) is 0 Å². The molecule has 0 bridgehead atoms. The third kappa shape index (κ3) is 4.39. The van der Waals surface area contributed by atoms with Gasteiger partial charge in [0.05, 0.1) is 6.54 Å². The molecular formula is C18H27N3O3. The molecule has 0 aliphatic carbocycles. The third-order valence-corrected chi connectivity index (χ3v) is 4.70. The molecule has 1 aromatic carbocycles. The van der Waals surface area contributed by atoms with Crippen LogP contribution in [-0.2, 0) is 11.3 Å². The number of carbonyl (C=O) groups excluding carboxylic acids is 1. The Bertz CT molecular complexity index is 571. The topological polar surface area (TPSA) is 54.0 Å². The number of benzene rings is 1. The van der Waals surface area contributed by atoms with Gasteiger partial charge in [0.25, 0.3) is 0 Å². The fourth-order valence-electron chi connectivity index (χ4n) is 3.03. The maximum atomic E-state index is 12.0. The summed E-state index contributed by atoms with van der Waals surface area (Å²) in [5.74, 6) is 1.80. The minimum absolute atomic E-state index is 0.133. The van der Waals surface area contributed by atoms with Gasteiger partial charge >= 0.3 is 0 Å². The summed E-state index contributed by atoms with van der Waals surface area (Å²) < 4.78 is 10.8. The van der Waals surface area contributed by atoms with Crippen LogP contribution in [0.2, 0.25) is 0 Å². The van der Waals surface area contributed by atoms with E-state index >= 15 is 0 Å². The second-order valence-corrected chi connectivity index (χ2v) is 6.62. The second kappa shape index (κ2) is 7.85. The van der Waals surface area contributed by atoms with Gasteiger partial charge in [-0.15, -0.1) is 0 Å². The smallest absolute Gasteiger partial charge is 0.234 e. The molecule has 3 rings (SSSR count). The first-order chi connectivity index (χ1) is 11.6. The second-order valence-electron chi connectivity index (χ2n) is 6.62. The van der Waals surface area contributed by atoms with Crippen LogP contribution in [0.1, 0.15) is 25.8 Å². The minimum atomic E-state index is 0.133. The summed E-state index contributed by atoms with van der Waals surface area (Å²) in [5, 5.41) is 3.03. The summed E-state index contributed by atoms with van der Waals surface area (Å²) in [7, 11) is 0. The van der Waals surface area contributed by atoms with Crippen LogP contribution >= 0.6 is 0 Å². The van der Waals surface area contributed by atoms with Gasteiger partial charge in [-0.1, -0.05) is 13.0 Å². The molecule has 0 radical (unpaired) electrons. The van der Waals surface area contributed by atoms with E-state index < -0.39 is 0 Å². The van der Waals surface area contributed by atoms with Gasteiger partial charge < -0.3 is 14.8 Å². The van der Waals surface area contributed by atoms with Crippen molar-refractivity contribution < 1.29 is 14.3 Å². The van der Waals surface area contributed by atoms with Gasteiger partial charge in [0.2, 0.25) is 12.7 Å². The van der Waals surface area contributed by atoms with Crippen LogP contribution in [0.4, 0.5) is 0 Å². The molecule has 0 spiro atoms. The van der Waals surface area contributed by atoms with Crippen LogP contribution in [0.5, 0.6) is 11.5 Å². The van der Waals surface area contributed by atoms with E-state index in [0.29, 0.717) is 13.3 Å². The number of carbonyl (C=O) groups is 1. The highest BCUT2D eigenvalue weighted by Crippen LogP contribution is 2.32. The molecule has 1 aromatic rings. The van der Waals surface area contributed by atoms with Crippen molar-refractivity contribution in [2.24, 2.45) is 0 Å². The van der Waals surface area contributed by atoms with Crippen molar-refractivity contribution in [2.45, 2.75) is 32.9 Å². The SMILES string of the molecule is CCC(C)NC(=O)CN1CCN(Cc2ccc3c(c2)OCO3)CC1. The molecule has 2 aliphatic heterocycles. The van der Waals surface area contributed by atoms with Gasteiger partial charge in [0.1, 0.15) is 0 Å². The number of ether oxygens (including phenoxy) is 2. The molecule has 1 saturated heterocycles. The van der Waals surface area contributed by atoms with Crippen LogP contribution in [0, 0.1) is 0 Å². The number of nitrogens with zero attached hydrogens (tertiary/aromatic N) is 2. The molecule has 1 fully saturated rings. The zero-order valence-corrected chi connectivity index (χ0v) is 14.6. The van der Waals surface area contributed by atoms with Gasteiger partial charge in [-0.05, 0) is 31.0 Å². The minimum Gasteiger partial charge on any atom is -0.454 e. The lowest BCUT2D eigenvalue weighted by atomic mass is 10.1. The van der Waals surface area contributed by atoms with Gasteiger partial charge in [0, 0.05) is 38.8 Å². The van der Waals surface area contributed by atoms with Crippen molar-refractivity contribution in [3.63, 3.8) is 0 Å². The summed E-state index contributed by atoms with van der Waals surface area (Å²) in [6, 6.07) is 6.39. The Morgan fingerprint density at radius 3 is 2.62 bits per heavy atom. The summed E-state index contributed by atoms with van der Waals surface area (Å²) in [5.41, 5.74) is 1.24. The van der Waals surface area contributed by atoms with E-state index in [1.807, 2.05) is 13.0 Å². The van der Waals surface area contributed by atoms with E-state index in [2.05, 4.69) is 34.2 Å². The lowest BCUT2D eigenvalue weighted by Crippen LogP contribution is -2.49. The first kappa shape index (κ1) is 17.0. The van der Waals surface area contributed by atoms with Crippen molar-refractivity contribution >= 4 is 5.91 Å². The molecule has 1 amide bonds. The van der Waals surface area contributed by atoms with E-state index in [-0.39, 0.29) is 11.9 Å². The number of hydrogen-bond donors (Lipinski definition) is 1. The summed E-state index contributed by atoms with van der Waals surface area (Å²) in [6.45, 7) is 9.66. The molecule has 2 heterocycles. The zero-order valence-electron chi connectivity index (χ0n) is 14.6. The molecule has 132 valence electrons. The Balaban J connectivity index is 1.43. The molecule has 1 N–H and O–H groups in total. The lowest BCUT2D eigenvalue weighted by molar-refractivity contribution is -0.123.